The third kappa shape index (κ3) is 17.5. The van der Waals surface area contributed by atoms with E-state index in [4.69, 9.17) is 23.4 Å². The van der Waals surface area contributed by atoms with Gasteiger partial charge in [0.1, 0.15) is 6.79 Å². The van der Waals surface area contributed by atoms with E-state index in [-0.39, 0.29) is 22.5 Å². The summed E-state index contributed by atoms with van der Waals surface area (Å²) in [6.07, 6.45) is 2.32. The Kier molecular flexibility index (Phi) is 15.2. The molecule has 19 heavy (non-hydrogen) atoms. The fourth-order valence-corrected chi connectivity index (χ4v) is 1.49. The molecule has 0 spiro atoms. The Hall–Kier alpha value is -0.473. The Balaban J connectivity index is 2.93. The molecule has 0 saturated heterocycles. The van der Waals surface area contributed by atoms with Crippen LogP contribution in [0.3, 0.4) is 0 Å². The van der Waals surface area contributed by atoms with Gasteiger partial charge in [-0.05, 0) is 12.8 Å². The fourth-order valence-electron chi connectivity index (χ4n) is 1.06. The van der Waals surface area contributed by atoms with E-state index in [0.717, 1.165) is 26.1 Å². The van der Waals surface area contributed by atoms with Gasteiger partial charge < -0.3 is 23.4 Å². The smallest absolute Gasteiger partial charge is 0.343 e. The van der Waals surface area contributed by atoms with E-state index in [2.05, 4.69) is 6.92 Å². The van der Waals surface area contributed by atoms with Gasteiger partial charge in [-0.2, -0.15) is 0 Å². The van der Waals surface area contributed by atoms with Gasteiger partial charge in [-0.25, -0.2) is 0 Å². The van der Waals surface area contributed by atoms with Crippen LogP contribution in [0.2, 0.25) is 0 Å². The Morgan fingerprint density at radius 1 is 0.947 bits per heavy atom. The van der Waals surface area contributed by atoms with Crippen molar-refractivity contribution in [1.82, 2.24) is 0 Å². The molecule has 112 valence electrons. The first-order chi connectivity index (χ1) is 9.27. The molecule has 0 N–H and O–H groups in total. The quantitative estimate of drug-likeness (QED) is 0.270. The first-order valence-electron chi connectivity index (χ1n) is 6.48. The molecule has 0 aliphatic rings. The molecular weight excluding hydrogens is 268 g/mol. The molecular formula is C12H24O6Si. The number of ether oxygens (including phenoxy) is 4. The van der Waals surface area contributed by atoms with Crippen molar-refractivity contribution >= 4 is 15.7 Å². The molecule has 0 bridgehead atoms. The zero-order valence-corrected chi connectivity index (χ0v) is 12.8. The van der Waals surface area contributed by atoms with Crippen LogP contribution in [-0.2, 0) is 28.2 Å². The summed E-state index contributed by atoms with van der Waals surface area (Å²) in [6, 6.07) is 0. The van der Waals surface area contributed by atoms with Crippen molar-refractivity contribution in [2.24, 2.45) is 0 Å². The summed E-state index contributed by atoms with van der Waals surface area (Å²) in [5.41, 5.74) is 0. The van der Waals surface area contributed by atoms with Crippen LogP contribution < -0.4 is 0 Å². The predicted octanol–water partition coefficient (Wildman–Crippen LogP) is 0.950. The molecule has 0 amide bonds. The summed E-state index contributed by atoms with van der Waals surface area (Å²) < 4.78 is 25.6. The van der Waals surface area contributed by atoms with Crippen LogP contribution >= 0.6 is 0 Å². The number of hydrogen-bond acceptors (Lipinski definition) is 6. The molecule has 0 aliphatic heterocycles. The van der Waals surface area contributed by atoms with Gasteiger partial charge in [0.05, 0.1) is 19.4 Å². The van der Waals surface area contributed by atoms with Crippen LogP contribution in [0, 0.1) is 0 Å². The third-order valence-electron chi connectivity index (χ3n) is 1.84. The first kappa shape index (κ1) is 18.5. The van der Waals surface area contributed by atoms with Gasteiger partial charge in [0.25, 0.3) is 5.97 Å². The molecule has 0 heterocycles. The van der Waals surface area contributed by atoms with Gasteiger partial charge >= 0.3 is 9.76 Å². The van der Waals surface area contributed by atoms with Gasteiger partial charge in [0.2, 0.25) is 0 Å². The molecule has 0 unspecified atom stereocenters. The average molecular weight is 292 g/mol. The van der Waals surface area contributed by atoms with Gasteiger partial charge in [-0.1, -0.05) is 6.92 Å². The molecule has 0 aliphatic carbocycles. The summed E-state index contributed by atoms with van der Waals surface area (Å²) in [5.74, 6) is -0.292. The van der Waals surface area contributed by atoms with Crippen molar-refractivity contribution in [2.45, 2.75) is 26.7 Å². The van der Waals surface area contributed by atoms with E-state index in [1.165, 1.54) is 6.92 Å². The number of hydrogen-bond donors (Lipinski definition) is 0. The van der Waals surface area contributed by atoms with Crippen molar-refractivity contribution in [3.63, 3.8) is 0 Å². The molecule has 7 heteroatoms. The minimum Gasteiger partial charge on any atom is -0.514 e. The highest BCUT2D eigenvalue weighted by Gasteiger charge is 1.96. The van der Waals surface area contributed by atoms with Crippen LogP contribution in [0.4, 0.5) is 0 Å². The standard InChI is InChI=1S/C12H24O6Si/c1-3-5-14-6-4-7-15-8-9-16-10-17-11-19-18-12(2)13/h3-11H2,1-2H3. The van der Waals surface area contributed by atoms with E-state index in [1.54, 1.807) is 0 Å². The Bertz CT molecular complexity index is 203. The van der Waals surface area contributed by atoms with Crippen LogP contribution in [0.1, 0.15) is 26.7 Å². The number of carbonyl (C=O) groups excluding carboxylic acids is 1. The SMILES string of the molecule is CCCOCCCOCCOCOC[Si]OC(C)=O. The molecule has 0 fully saturated rings. The Labute approximate surface area is 117 Å². The van der Waals surface area contributed by atoms with Crippen molar-refractivity contribution < 1.29 is 28.2 Å². The fraction of sp³-hybridized carbons (Fsp3) is 0.917. The molecule has 0 saturated carbocycles. The monoisotopic (exact) mass is 292 g/mol. The maximum Gasteiger partial charge on any atom is 0.343 e. The molecule has 0 rings (SSSR count). The summed E-state index contributed by atoms with van der Waals surface area (Å²) >= 11 is 0. The van der Waals surface area contributed by atoms with E-state index in [1.807, 2.05) is 0 Å². The molecule has 0 aromatic rings. The molecule has 6 nitrogen and oxygen atoms in total. The van der Waals surface area contributed by atoms with Crippen LogP contribution in [-0.4, -0.2) is 61.8 Å². The van der Waals surface area contributed by atoms with Crippen molar-refractivity contribution in [3.05, 3.63) is 0 Å². The maximum absolute atomic E-state index is 10.4. The second-order valence-corrected chi connectivity index (χ2v) is 4.47. The van der Waals surface area contributed by atoms with E-state index >= 15 is 0 Å². The lowest BCUT2D eigenvalue weighted by atomic mass is 10.5. The lowest BCUT2D eigenvalue weighted by Gasteiger charge is -2.06. The molecule has 0 aromatic carbocycles. The molecule has 2 radical (unpaired) electrons. The van der Waals surface area contributed by atoms with Crippen molar-refractivity contribution in [3.8, 4) is 0 Å². The summed E-state index contributed by atoms with van der Waals surface area (Å²) in [7, 11) is 0.0273. The highest BCUT2D eigenvalue weighted by atomic mass is 28.2. The largest absolute Gasteiger partial charge is 0.514 e. The second kappa shape index (κ2) is 15.6. The van der Waals surface area contributed by atoms with Crippen LogP contribution in [0.15, 0.2) is 0 Å². The van der Waals surface area contributed by atoms with Gasteiger partial charge in [0.15, 0.2) is 0 Å². The predicted molar refractivity (Wildman–Crippen MR) is 70.8 cm³/mol. The summed E-state index contributed by atoms with van der Waals surface area (Å²) in [6.45, 7) is 6.93. The first-order valence-corrected chi connectivity index (χ1v) is 7.60. The topological polar surface area (TPSA) is 63.2 Å². The van der Waals surface area contributed by atoms with Gasteiger partial charge in [0, 0.05) is 26.7 Å². The van der Waals surface area contributed by atoms with Crippen LogP contribution in [0.25, 0.3) is 0 Å². The molecule has 0 aromatic heterocycles. The number of carbonyl (C=O) groups is 1. The third-order valence-corrected chi connectivity index (χ3v) is 2.60. The zero-order chi connectivity index (χ0) is 14.2. The highest BCUT2D eigenvalue weighted by Crippen LogP contribution is 1.88. The van der Waals surface area contributed by atoms with Gasteiger partial charge in [-0.15, -0.1) is 0 Å². The van der Waals surface area contributed by atoms with Crippen molar-refractivity contribution in [1.29, 1.82) is 0 Å². The minimum absolute atomic E-state index is 0.0273. The lowest BCUT2D eigenvalue weighted by Crippen LogP contribution is -2.14. The van der Waals surface area contributed by atoms with E-state index < -0.39 is 0 Å². The van der Waals surface area contributed by atoms with Crippen LogP contribution in [0.5, 0.6) is 0 Å². The minimum atomic E-state index is -0.292. The van der Waals surface area contributed by atoms with Gasteiger partial charge in [-0.3, -0.25) is 4.79 Å². The summed E-state index contributed by atoms with van der Waals surface area (Å²) in [5, 5.41) is 0. The van der Waals surface area contributed by atoms with E-state index in [0.29, 0.717) is 26.1 Å². The summed E-state index contributed by atoms with van der Waals surface area (Å²) in [4.78, 5) is 10.4. The average Bonchev–Trinajstić information content (AvgIpc) is 2.39. The Morgan fingerprint density at radius 2 is 1.63 bits per heavy atom. The Morgan fingerprint density at radius 3 is 2.32 bits per heavy atom. The second-order valence-electron chi connectivity index (χ2n) is 3.69. The normalized spacial score (nSPS) is 10.6. The van der Waals surface area contributed by atoms with E-state index in [9.17, 15) is 4.79 Å². The number of rotatable bonds is 14. The zero-order valence-electron chi connectivity index (χ0n) is 11.8. The van der Waals surface area contributed by atoms with Crippen molar-refractivity contribution in [2.75, 3.05) is 46.1 Å². The lowest BCUT2D eigenvalue weighted by molar-refractivity contribution is -0.132. The maximum atomic E-state index is 10.4. The molecule has 0 atom stereocenters. The highest BCUT2D eigenvalue weighted by molar-refractivity contribution is 6.30.